The Morgan fingerprint density at radius 1 is 1.36 bits per heavy atom. The molecule has 0 spiro atoms. The minimum atomic E-state index is -3.17. The molecule has 3 rings (SSSR count). The second-order valence-corrected chi connectivity index (χ2v) is 11.0. The zero-order chi connectivity index (χ0) is 18.6. The van der Waals surface area contributed by atoms with E-state index < -0.39 is 21.1 Å². The molecule has 1 aromatic rings. The van der Waals surface area contributed by atoms with Crippen LogP contribution in [0.3, 0.4) is 0 Å². The lowest BCUT2D eigenvalue weighted by molar-refractivity contribution is -0.124. The van der Waals surface area contributed by atoms with Crippen LogP contribution in [0.4, 0.5) is 10.1 Å². The predicted octanol–water partition coefficient (Wildman–Crippen LogP) is 3.13. The number of aliphatic imine (C=N–C) groups is 1. The molecule has 0 N–H and O–H groups in total. The zero-order valence-corrected chi connectivity index (χ0v) is 16.4. The molecule has 0 saturated carbocycles. The summed E-state index contributed by atoms with van der Waals surface area (Å²) in [5, 5.41) is 0.164. The number of nitrogens with zero attached hydrogens (tertiary/aromatic N) is 2. The van der Waals surface area contributed by atoms with Crippen molar-refractivity contribution in [3.8, 4) is 0 Å². The summed E-state index contributed by atoms with van der Waals surface area (Å²) in [6, 6.07) is 3.89. The number of carbonyl (C=O) groups excluding carboxylic acids is 1. The van der Waals surface area contributed by atoms with Crippen LogP contribution in [0.15, 0.2) is 23.2 Å². The van der Waals surface area contributed by atoms with Crippen molar-refractivity contribution in [3.63, 3.8) is 0 Å². The maximum Gasteiger partial charge on any atom is 0.253 e. The summed E-state index contributed by atoms with van der Waals surface area (Å²) in [6.45, 7) is 5.28. The number of fused-ring (bicyclic) bond motifs is 1. The fraction of sp³-hybridized carbons (Fsp3) is 0.500. The van der Waals surface area contributed by atoms with Crippen LogP contribution in [0.25, 0.3) is 0 Å². The van der Waals surface area contributed by atoms with Gasteiger partial charge in [0.25, 0.3) is 5.91 Å². The number of carbonyl (C=O) groups is 1. The van der Waals surface area contributed by atoms with Crippen LogP contribution in [0, 0.1) is 11.2 Å². The summed E-state index contributed by atoms with van der Waals surface area (Å²) in [5.41, 5.74) is -0.215. The van der Waals surface area contributed by atoms with Crippen molar-refractivity contribution in [1.29, 1.82) is 0 Å². The Bertz CT molecular complexity index is 865. The van der Waals surface area contributed by atoms with E-state index in [0.29, 0.717) is 10.9 Å². The molecule has 1 aromatic carbocycles. The van der Waals surface area contributed by atoms with Crippen LogP contribution in [0.5, 0.6) is 0 Å². The first-order valence-corrected chi connectivity index (χ1v) is 10.8. The molecule has 2 aliphatic heterocycles. The van der Waals surface area contributed by atoms with Gasteiger partial charge in [-0.05, 0) is 18.2 Å². The monoisotopic (exact) mass is 404 g/mol. The standard InChI is InChI=1S/C16H18ClFN2O3S2/c1-16(2,3)14(21)19-15-20(9-4-5-10(17)11(18)6-9)12-7-25(22,23)8-13(12)24-15/h4-6,12-13H,7-8H2,1-3H3. The van der Waals surface area contributed by atoms with Gasteiger partial charge in [-0.25, -0.2) is 12.8 Å². The first kappa shape index (κ1) is 18.7. The van der Waals surface area contributed by atoms with Gasteiger partial charge >= 0.3 is 0 Å². The summed E-state index contributed by atoms with van der Waals surface area (Å²) in [5.74, 6) is -0.929. The molecule has 2 fully saturated rings. The van der Waals surface area contributed by atoms with Gasteiger partial charge in [0, 0.05) is 16.4 Å². The molecule has 2 unspecified atom stereocenters. The van der Waals surface area contributed by atoms with E-state index in [1.54, 1.807) is 31.7 Å². The van der Waals surface area contributed by atoms with Gasteiger partial charge in [0.2, 0.25) is 0 Å². The zero-order valence-electron chi connectivity index (χ0n) is 14.0. The lowest BCUT2D eigenvalue weighted by Gasteiger charge is -2.25. The van der Waals surface area contributed by atoms with Gasteiger partial charge in [0.1, 0.15) is 5.82 Å². The van der Waals surface area contributed by atoms with Crippen molar-refractivity contribution in [2.24, 2.45) is 10.4 Å². The second kappa shape index (κ2) is 6.25. The normalized spacial score (nSPS) is 26.9. The van der Waals surface area contributed by atoms with Crippen LogP contribution in [-0.2, 0) is 14.6 Å². The van der Waals surface area contributed by atoms with Crippen molar-refractivity contribution in [2.45, 2.75) is 32.1 Å². The summed E-state index contributed by atoms with van der Waals surface area (Å²) in [7, 11) is -3.17. The third kappa shape index (κ3) is 3.71. The van der Waals surface area contributed by atoms with Crippen LogP contribution in [-0.4, -0.2) is 42.3 Å². The van der Waals surface area contributed by atoms with Crippen molar-refractivity contribution in [2.75, 3.05) is 16.4 Å². The molecule has 2 atom stereocenters. The number of amides is 1. The lowest BCUT2D eigenvalue weighted by Crippen LogP contribution is -2.38. The Labute approximate surface area is 155 Å². The Balaban J connectivity index is 2.05. The maximum absolute atomic E-state index is 13.9. The second-order valence-electron chi connectivity index (χ2n) is 7.22. The molecular formula is C16H18ClFN2O3S2. The topological polar surface area (TPSA) is 66.8 Å². The average molecular weight is 405 g/mol. The Kier molecular flexibility index (Phi) is 4.66. The van der Waals surface area contributed by atoms with E-state index in [-0.39, 0.29) is 33.7 Å². The quantitative estimate of drug-likeness (QED) is 0.719. The Hall–Kier alpha value is -1.12. The number of benzene rings is 1. The van der Waals surface area contributed by atoms with Crippen LogP contribution in [0.2, 0.25) is 5.02 Å². The lowest BCUT2D eigenvalue weighted by atomic mass is 9.96. The van der Waals surface area contributed by atoms with E-state index in [0.717, 1.165) is 0 Å². The van der Waals surface area contributed by atoms with E-state index >= 15 is 0 Å². The third-order valence-electron chi connectivity index (χ3n) is 4.09. The number of hydrogen-bond acceptors (Lipinski definition) is 4. The van der Waals surface area contributed by atoms with Crippen molar-refractivity contribution < 1.29 is 17.6 Å². The van der Waals surface area contributed by atoms with E-state index in [9.17, 15) is 17.6 Å². The summed E-state index contributed by atoms with van der Waals surface area (Å²) in [4.78, 5) is 18.2. The first-order valence-electron chi connectivity index (χ1n) is 7.72. The molecule has 25 heavy (non-hydrogen) atoms. The van der Waals surface area contributed by atoms with E-state index in [2.05, 4.69) is 4.99 Å². The smallest absolute Gasteiger partial charge is 0.253 e. The molecule has 0 bridgehead atoms. The summed E-state index contributed by atoms with van der Waals surface area (Å²) in [6.07, 6.45) is 0. The highest BCUT2D eigenvalue weighted by atomic mass is 35.5. The molecule has 0 aliphatic carbocycles. The van der Waals surface area contributed by atoms with E-state index in [1.807, 2.05) is 0 Å². The minimum absolute atomic E-state index is 0.0181. The summed E-state index contributed by atoms with van der Waals surface area (Å²) < 4.78 is 37.9. The SMILES string of the molecule is CC(C)(C)C(=O)N=C1SC2CS(=O)(=O)CC2N1c1ccc(Cl)c(F)c1. The van der Waals surface area contributed by atoms with Crippen molar-refractivity contribution in [1.82, 2.24) is 0 Å². The molecule has 136 valence electrons. The number of amidine groups is 1. The largest absolute Gasteiger partial charge is 0.315 e. The molecule has 1 amide bonds. The molecule has 5 nitrogen and oxygen atoms in total. The number of hydrogen-bond donors (Lipinski definition) is 0. The number of rotatable bonds is 1. The number of thioether (sulfide) groups is 1. The average Bonchev–Trinajstić information content (AvgIpc) is 2.92. The molecule has 0 aromatic heterocycles. The fourth-order valence-electron chi connectivity index (χ4n) is 2.76. The van der Waals surface area contributed by atoms with Gasteiger partial charge in [-0.2, -0.15) is 4.99 Å². The number of sulfone groups is 1. The number of anilines is 1. The van der Waals surface area contributed by atoms with Gasteiger partial charge < -0.3 is 4.90 Å². The molecular weight excluding hydrogens is 387 g/mol. The van der Waals surface area contributed by atoms with E-state index in [1.165, 1.54) is 23.9 Å². The first-order chi connectivity index (χ1) is 11.5. The number of halogens is 2. The van der Waals surface area contributed by atoms with Crippen LogP contribution >= 0.6 is 23.4 Å². The molecule has 2 aliphatic rings. The highest BCUT2D eigenvalue weighted by Gasteiger charge is 2.49. The van der Waals surface area contributed by atoms with Crippen molar-refractivity contribution >= 4 is 50.0 Å². The van der Waals surface area contributed by atoms with Crippen LogP contribution in [0.1, 0.15) is 20.8 Å². The van der Waals surface area contributed by atoms with Gasteiger partial charge in [0.15, 0.2) is 15.0 Å². The van der Waals surface area contributed by atoms with Crippen molar-refractivity contribution in [3.05, 3.63) is 29.0 Å². The molecule has 2 heterocycles. The molecule has 9 heteroatoms. The summed E-state index contributed by atoms with van der Waals surface area (Å²) >= 11 is 7.01. The predicted molar refractivity (Wildman–Crippen MR) is 99.6 cm³/mol. The Morgan fingerprint density at radius 3 is 2.64 bits per heavy atom. The van der Waals surface area contributed by atoms with Gasteiger partial charge in [-0.1, -0.05) is 44.1 Å². The highest BCUT2D eigenvalue weighted by Crippen LogP contribution is 2.41. The van der Waals surface area contributed by atoms with Crippen LogP contribution < -0.4 is 4.90 Å². The van der Waals surface area contributed by atoms with Gasteiger partial charge in [0.05, 0.1) is 22.6 Å². The molecule has 2 saturated heterocycles. The Morgan fingerprint density at radius 2 is 2.04 bits per heavy atom. The van der Waals surface area contributed by atoms with Gasteiger partial charge in [-0.15, -0.1) is 0 Å². The minimum Gasteiger partial charge on any atom is -0.315 e. The third-order valence-corrected chi connectivity index (χ3v) is 7.60. The van der Waals surface area contributed by atoms with Gasteiger partial charge in [-0.3, -0.25) is 4.79 Å². The van der Waals surface area contributed by atoms with E-state index in [4.69, 9.17) is 11.6 Å². The highest BCUT2D eigenvalue weighted by molar-refractivity contribution is 8.16. The fourth-order valence-corrected chi connectivity index (χ4v) is 6.79. The molecule has 0 radical (unpaired) electrons. The maximum atomic E-state index is 13.9.